The van der Waals surface area contributed by atoms with E-state index in [0.29, 0.717) is 6.42 Å². The molecular formula is C13H24N2O3. The first-order valence-corrected chi connectivity index (χ1v) is 6.71. The molecule has 1 N–H and O–H groups in total. The number of hydrogen-bond acceptors (Lipinski definition) is 2. The molecule has 0 aromatic heterocycles. The number of aliphatic carboxylic acids is 1. The molecule has 5 heteroatoms. The minimum Gasteiger partial charge on any atom is -0.480 e. The van der Waals surface area contributed by atoms with E-state index in [0.717, 1.165) is 25.7 Å². The van der Waals surface area contributed by atoms with Crippen molar-refractivity contribution >= 4 is 12.0 Å². The highest BCUT2D eigenvalue weighted by molar-refractivity contribution is 5.82. The third-order valence-corrected chi connectivity index (χ3v) is 3.87. The van der Waals surface area contributed by atoms with Gasteiger partial charge in [-0.15, -0.1) is 0 Å². The Balaban J connectivity index is 2.63. The highest BCUT2D eigenvalue weighted by Crippen LogP contribution is 2.22. The molecule has 1 unspecified atom stereocenters. The second kappa shape index (κ2) is 6.61. The van der Waals surface area contributed by atoms with Crippen molar-refractivity contribution in [1.82, 2.24) is 9.80 Å². The van der Waals surface area contributed by atoms with Gasteiger partial charge < -0.3 is 14.9 Å². The van der Waals surface area contributed by atoms with Crippen molar-refractivity contribution in [2.45, 2.75) is 57.5 Å². The van der Waals surface area contributed by atoms with Crippen molar-refractivity contribution in [1.29, 1.82) is 0 Å². The lowest BCUT2D eigenvalue weighted by Crippen LogP contribution is -2.50. The van der Waals surface area contributed by atoms with Gasteiger partial charge in [0.25, 0.3) is 0 Å². The molecule has 0 aromatic carbocycles. The molecule has 0 bridgehead atoms. The average molecular weight is 256 g/mol. The van der Waals surface area contributed by atoms with Crippen molar-refractivity contribution in [2.24, 2.45) is 0 Å². The maximum atomic E-state index is 12.2. The molecule has 1 saturated carbocycles. The summed E-state index contributed by atoms with van der Waals surface area (Å²) in [6, 6.07) is -0.653. The number of rotatable bonds is 4. The highest BCUT2D eigenvalue weighted by atomic mass is 16.4. The minimum absolute atomic E-state index is 0.184. The number of nitrogens with zero attached hydrogens (tertiary/aromatic N) is 2. The van der Waals surface area contributed by atoms with Crippen LogP contribution in [0.15, 0.2) is 0 Å². The second-order valence-corrected chi connectivity index (χ2v) is 5.06. The maximum absolute atomic E-state index is 12.2. The van der Waals surface area contributed by atoms with E-state index in [1.807, 2.05) is 0 Å². The van der Waals surface area contributed by atoms with Gasteiger partial charge in [0.1, 0.15) is 6.04 Å². The predicted molar refractivity (Wildman–Crippen MR) is 69.5 cm³/mol. The topological polar surface area (TPSA) is 60.9 Å². The fourth-order valence-electron chi connectivity index (χ4n) is 2.62. The van der Waals surface area contributed by atoms with E-state index in [1.54, 1.807) is 25.9 Å². The van der Waals surface area contributed by atoms with Crippen molar-refractivity contribution in [3.05, 3.63) is 0 Å². The molecule has 18 heavy (non-hydrogen) atoms. The van der Waals surface area contributed by atoms with E-state index < -0.39 is 12.0 Å². The average Bonchev–Trinajstić information content (AvgIpc) is 2.38. The van der Waals surface area contributed by atoms with Gasteiger partial charge in [-0.05, 0) is 19.3 Å². The van der Waals surface area contributed by atoms with E-state index in [-0.39, 0.29) is 12.1 Å². The van der Waals surface area contributed by atoms with Gasteiger partial charge in [0.15, 0.2) is 0 Å². The van der Waals surface area contributed by atoms with Crippen molar-refractivity contribution < 1.29 is 14.7 Å². The van der Waals surface area contributed by atoms with E-state index in [2.05, 4.69) is 0 Å². The Kier molecular flexibility index (Phi) is 5.44. The first kappa shape index (κ1) is 14.8. The van der Waals surface area contributed by atoms with Crippen LogP contribution in [0.25, 0.3) is 0 Å². The molecule has 0 aliphatic heterocycles. The quantitative estimate of drug-likeness (QED) is 0.838. The molecule has 1 atom stereocenters. The molecule has 0 aromatic rings. The number of carbonyl (C=O) groups excluding carboxylic acids is 1. The fraction of sp³-hybridized carbons (Fsp3) is 0.846. The predicted octanol–water partition coefficient (Wildman–Crippen LogP) is 2.17. The standard InChI is InChI=1S/C13H24N2O3/c1-4-11(12(16)17)15(3)13(18)14(2)10-8-6-5-7-9-10/h10-11H,4-9H2,1-3H3,(H,16,17). The fourth-order valence-corrected chi connectivity index (χ4v) is 2.62. The van der Waals surface area contributed by atoms with Crippen LogP contribution in [-0.4, -0.2) is 53.1 Å². The summed E-state index contributed by atoms with van der Waals surface area (Å²) in [5.74, 6) is -0.939. The maximum Gasteiger partial charge on any atom is 0.326 e. The Morgan fingerprint density at radius 3 is 2.22 bits per heavy atom. The van der Waals surface area contributed by atoms with E-state index >= 15 is 0 Å². The van der Waals surface area contributed by atoms with Crippen LogP contribution in [0.5, 0.6) is 0 Å². The van der Waals surface area contributed by atoms with Crippen LogP contribution < -0.4 is 0 Å². The summed E-state index contributed by atoms with van der Waals surface area (Å²) < 4.78 is 0. The number of carbonyl (C=O) groups is 2. The van der Waals surface area contributed by atoms with Gasteiger partial charge in [-0.1, -0.05) is 26.2 Å². The van der Waals surface area contributed by atoms with Gasteiger partial charge in [-0.25, -0.2) is 9.59 Å². The third kappa shape index (κ3) is 3.37. The first-order valence-electron chi connectivity index (χ1n) is 6.71. The van der Waals surface area contributed by atoms with Crippen molar-refractivity contribution in [2.75, 3.05) is 14.1 Å². The van der Waals surface area contributed by atoms with Crippen molar-refractivity contribution in [3.63, 3.8) is 0 Å². The Morgan fingerprint density at radius 2 is 1.78 bits per heavy atom. The highest BCUT2D eigenvalue weighted by Gasteiger charge is 2.30. The van der Waals surface area contributed by atoms with Crippen LogP contribution in [0, 0.1) is 0 Å². The summed E-state index contributed by atoms with van der Waals surface area (Å²) in [5, 5.41) is 9.07. The number of carboxylic acid groups (broad SMARTS) is 1. The van der Waals surface area contributed by atoms with Crippen LogP contribution >= 0.6 is 0 Å². The number of likely N-dealkylation sites (N-methyl/N-ethyl adjacent to an activating group) is 1. The SMILES string of the molecule is CCC(C(=O)O)N(C)C(=O)N(C)C1CCCCC1. The van der Waals surface area contributed by atoms with E-state index in [1.165, 1.54) is 11.3 Å². The van der Waals surface area contributed by atoms with E-state index in [9.17, 15) is 9.59 Å². The molecular weight excluding hydrogens is 232 g/mol. The lowest BCUT2D eigenvalue weighted by Gasteiger charge is -2.35. The summed E-state index contributed by atoms with van der Waals surface area (Å²) in [6.07, 6.45) is 6.03. The summed E-state index contributed by atoms with van der Waals surface area (Å²) in [7, 11) is 3.35. The van der Waals surface area contributed by atoms with Gasteiger partial charge in [-0.2, -0.15) is 0 Å². The molecule has 1 aliphatic carbocycles. The lowest BCUT2D eigenvalue weighted by atomic mass is 9.95. The molecule has 0 saturated heterocycles. The molecule has 1 rings (SSSR count). The van der Waals surface area contributed by atoms with Crippen LogP contribution in [0.1, 0.15) is 45.4 Å². The molecule has 104 valence electrons. The Hall–Kier alpha value is -1.26. The van der Waals surface area contributed by atoms with Crippen molar-refractivity contribution in [3.8, 4) is 0 Å². The van der Waals surface area contributed by atoms with Crippen LogP contribution in [0.4, 0.5) is 4.79 Å². The van der Waals surface area contributed by atoms with Gasteiger partial charge in [0, 0.05) is 20.1 Å². The van der Waals surface area contributed by atoms with Gasteiger partial charge in [-0.3, -0.25) is 0 Å². The van der Waals surface area contributed by atoms with Gasteiger partial charge in [0.2, 0.25) is 0 Å². The number of amides is 2. The van der Waals surface area contributed by atoms with Gasteiger partial charge >= 0.3 is 12.0 Å². The summed E-state index contributed by atoms with van der Waals surface area (Å²) in [6.45, 7) is 1.78. The largest absolute Gasteiger partial charge is 0.480 e. The minimum atomic E-state index is -0.939. The molecule has 2 amide bonds. The number of urea groups is 1. The normalized spacial score (nSPS) is 18.2. The first-order chi connectivity index (χ1) is 8.49. The molecule has 0 spiro atoms. The van der Waals surface area contributed by atoms with Crippen LogP contribution in [0.2, 0.25) is 0 Å². The molecule has 1 aliphatic rings. The second-order valence-electron chi connectivity index (χ2n) is 5.06. The molecule has 1 fully saturated rings. The zero-order valence-corrected chi connectivity index (χ0v) is 11.6. The Bertz CT molecular complexity index is 301. The molecule has 0 radical (unpaired) electrons. The summed E-state index contributed by atoms with van der Waals surface area (Å²) in [4.78, 5) is 26.4. The van der Waals surface area contributed by atoms with E-state index in [4.69, 9.17) is 5.11 Å². The zero-order chi connectivity index (χ0) is 13.7. The van der Waals surface area contributed by atoms with Crippen LogP contribution in [-0.2, 0) is 4.79 Å². The van der Waals surface area contributed by atoms with Gasteiger partial charge in [0.05, 0.1) is 0 Å². The summed E-state index contributed by atoms with van der Waals surface area (Å²) >= 11 is 0. The number of hydrogen-bond donors (Lipinski definition) is 1. The Labute approximate surface area is 109 Å². The molecule has 0 heterocycles. The monoisotopic (exact) mass is 256 g/mol. The Morgan fingerprint density at radius 1 is 1.22 bits per heavy atom. The summed E-state index contributed by atoms with van der Waals surface area (Å²) in [5.41, 5.74) is 0. The number of carboxylic acids is 1. The van der Waals surface area contributed by atoms with Crippen LogP contribution in [0.3, 0.4) is 0 Å². The smallest absolute Gasteiger partial charge is 0.326 e. The lowest BCUT2D eigenvalue weighted by molar-refractivity contribution is -0.142. The molecule has 5 nitrogen and oxygen atoms in total. The third-order valence-electron chi connectivity index (χ3n) is 3.87. The zero-order valence-electron chi connectivity index (χ0n) is 11.6.